The van der Waals surface area contributed by atoms with Gasteiger partial charge in [0.1, 0.15) is 0 Å². The fourth-order valence-electron chi connectivity index (χ4n) is 1.75. The summed E-state index contributed by atoms with van der Waals surface area (Å²) in [4.78, 5) is 11.4. The quantitative estimate of drug-likeness (QED) is 0.380. The van der Waals surface area contributed by atoms with Crippen molar-refractivity contribution in [3.63, 3.8) is 0 Å². The Labute approximate surface area is 97.8 Å². The minimum absolute atomic E-state index is 0.0887. The maximum Gasteiger partial charge on any atom is 0.305 e. The highest BCUT2D eigenvalue weighted by Gasteiger charge is 2.12. The zero-order chi connectivity index (χ0) is 11.6. The van der Waals surface area contributed by atoms with Crippen molar-refractivity contribution in [3.8, 4) is 0 Å². The minimum atomic E-state index is -0.0887. The molecule has 16 heavy (non-hydrogen) atoms. The lowest BCUT2D eigenvalue weighted by atomic mass is 9.95. The molecule has 1 unspecified atom stereocenters. The van der Waals surface area contributed by atoms with Crippen LogP contribution in [-0.4, -0.2) is 25.8 Å². The van der Waals surface area contributed by atoms with Crippen LogP contribution in [0.15, 0.2) is 12.2 Å². The summed E-state index contributed by atoms with van der Waals surface area (Å²) in [6.45, 7) is 3.90. The molecule has 0 fully saturated rings. The molecule has 0 amide bonds. The molecule has 0 saturated heterocycles. The summed E-state index contributed by atoms with van der Waals surface area (Å²) in [5, 5.41) is 0. The Hall–Kier alpha value is -0.830. The van der Waals surface area contributed by atoms with Crippen molar-refractivity contribution in [3.05, 3.63) is 12.2 Å². The van der Waals surface area contributed by atoms with Gasteiger partial charge in [0.25, 0.3) is 0 Å². The Kier molecular flexibility index (Phi) is 6.90. The number of esters is 1. The van der Waals surface area contributed by atoms with Gasteiger partial charge in [-0.15, -0.1) is 0 Å². The van der Waals surface area contributed by atoms with Gasteiger partial charge in [0.15, 0.2) is 0 Å². The zero-order valence-corrected chi connectivity index (χ0v) is 10.1. The molecule has 1 atom stereocenters. The van der Waals surface area contributed by atoms with E-state index >= 15 is 0 Å². The van der Waals surface area contributed by atoms with Gasteiger partial charge in [-0.05, 0) is 38.5 Å². The summed E-state index contributed by atoms with van der Waals surface area (Å²) in [5.74, 6) is 0.440. The first-order valence-electron chi connectivity index (χ1n) is 6.21. The van der Waals surface area contributed by atoms with Gasteiger partial charge < -0.3 is 9.47 Å². The Morgan fingerprint density at radius 3 is 3.00 bits per heavy atom. The lowest BCUT2D eigenvalue weighted by Crippen LogP contribution is -2.15. The number of rotatable bonds is 7. The van der Waals surface area contributed by atoms with Crippen molar-refractivity contribution in [2.24, 2.45) is 5.92 Å². The lowest BCUT2D eigenvalue weighted by Gasteiger charge is -2.17. The third-order valence-electron chi connectivity index (χ3n) is 2.73. The highest BCUT2D eigenvalue weighted by Crippen LogP contribution is 2.18. The van der Waals surface area contributed by atoms with Crippen molar-refractivity contribution in [1.82, 2.24) is 0 Å². The van der Waals surface area contributed by atoms with Crippen LogP contribution < -0.4 is 0 Å². The van der Waals surface area contributed by atoms with E-state index in [-0.39, 0.29) is 5.97 Å². The summed E-state index contributed by atoms with van der Waals surface area (Å²) in [7, 11) is 0. The number of ether oxygens (including phenoxy) is 2. The van der Waals surface area contributed by atoms with Crippen molar-refractivity contribution in [2.75, 3.05) is 19.8 Å². The topological polar surface area (TPSA) is 35.5 Å². The minimum Gasteiger partial charge on any atom is -0.465 e. The fourth-order valence-corrected chi connectivity index (χ4v) is 1.75. The molecule has 0 aromatic rings. The van der Waals surface area contributed by atoms with Crippen LogP contribution >= 0.6 is 0 Å². The van der Waals surface area contributed by atoms with E-state index in [0.717, 1.165) is 25.7 Å². The Balaban J connectivity index is 1.99. The average molecular weight is 226 g/mol. The number of allylic oxidation sites excluding steroid dienone is 2. The summed E-state index contributed by atoms with van der Waals surface area (Å²) < 4.78 is 10.4. The van der Waals surface area contributed by atoms with Crippen LogP contribution in [0.5, 0.6) is 0 Å². The Morgan fingerprint density at radius 2 is 2.31 bits per heavy atom. The molecule has 3 heteroatoms. The van der Waals surface area contributed by atoms with E-state index in [9.17, 15) is 4.79 Å². The number of carbonyl (C=O) groups excluding carboxylic acids is 1. The van der Waals surface area contributed by atoms with Crippen LogP contribution in [0.4, 0.5) is 0 Å². The lowest BCUT2D eigenvalue weighted by molar-refractivity contribution is -0.145. The molecular weight excluding hydrogens is 204 g/mol. The van der Waals surface area contributed by atoms with Gasteiger partial charge in [0, 0.05) is 19.6 Å². The molecule has 1 rings (SSSR count). The molecule has 0 heterocycles. The molecule has 0 aliphatic heterocycles. The van der Waals surface area contributed by atoms with E-state index in [0.29, 0.717) is 32.2 Å². The first-order valence-corrected chi connectivity index (χ1v) is 6.21. The van der Waals surface area contributed by atoms with Crippen molar-refractivity contribution in [2.45, 2.75) is 39.0 Å². The van der Waals surface area contributed by atoms with Crippen LogP contribution in [0.1, 0.15) is 39.0 Å². The predicted molar refractivity (Wildman–Crippen MR) is 63.2 cm³/mol. The van der Waals surface area contributed by atoms with E-state index in [1.54, 1.807) is 0 Å². The van der Waals surface area contributed by atoms with Crippen LogP contribution in [0.2, 0.25) is 0 Å². The Bertz CT molecular complexity index is 223. The molecule has 0 radical (unpaired) electrons. The molecule has 0 N–H and O–H groups in total. The molecule has 1 aliphatic rings. The third-order valence-corrected chi connectivity index (χ3v) is 2.73. The molecule has 92 valence electrons. The molecule has 0 aromatic heterocycles. The van der Waals surface area contributed by atoms with Gasteiger partial charge in [-0.3, -0.25) is 4.79 Å². The van der Waals surface area contributed by atoms with Crippen LogP contribution in [0, 0.1) is 5.92 Å². The van der Waals surface area contributed by atoms with E-state index in [1.165, 1.54) is 0 Å². The molecule has 0 saturated carbocycles. The molecule has 0 aromatic carbocycles. The number of carbonyl (C=O) groups is 1. The second-order valence-electron chi connectivity index (χ2n) is 4.13. The number of hydrogen-bond acceptors (Lipinski definition) is 3. The smallest absolute Gasteiger partial charge is 0.305 e. The highest BCUT2D eigenvalue weighted by atomic mass is 16.5. The van der Waals surface area contributed by atoms with Crippen molar-refractivity contribution < 1.29 is 14.3 Å². The summed E-state index contributed by atoms with van der Waals surface area (Å²) in [5.41, 5.74) is 0. The molecule has 1 aliphatic carbocycles. The van der Waals surface area contributed by atoms with Crippen LogP contribution in [0.25, 0.3) is 0 Å². The highest BCUT2D eigenvalue weighted by molar-refractivity contribution is 5.69. The maximum absolute atomic E-state index is 11.4. The van der Waals surface area contributed by atoms with E-state index in [1.807, 2.05) is 6.92 Å². The monoisotopic (exact) mass is 226 g/mol. The molecule has 0 spiro atoms. The molecular formula is C13H22O3. The fraction of sp³-hybridized carbons (Fsp3) is 0.769. The first kappa shape index (κ1) is 13.2. The second kappa shape index (κ2) is 8.34. The Morgan fingerprint density at radius 1 is 1.44 bits per heavy atom. The van der Waals surface area contributed by atoms with Crippen LogP contribution in [-0.2, 0) is 14.3 Å². The van der Waals surface area contributed by atoms with Gasteiger partial charge in [0.05, 0.1) is 6.61 Å². The maximum atomic E-state index is 11.4. The number of hydrogen-bond donors (Lipinski definition) is 0. The zero-order valence-electron chi connectivity index (χ0n) is 10.1. The van der Waals surface area contributed by atoms with E-state index in [2.05, 4.69) is 12.2 Å². The van der Waals surface area contributed by atoms with Gasteiger partial charge >= 0.3 is 5.97 Å². The summed E-state index contributed by atoms with van der Waals surface area (Å²) in [6, 6.07) is 0. The van der Waals surface area contributed by atoms with Gasteiger partial charge in [0.2, 0.25) is 0 Å². The second-order valence-corrected chi connectivity index (χ2v) is 4.13. The van der Waals surface area contributed by atoms with Crippen LogP contribution in [0.3, 0.4) is 0 Å². The normalized spacial score (nSPS) is 19.7. The van der Waals surface area contributed by atoms with Gasteiger partial charge in [-0.2, -0.15) is 0 Å². The van der Waals surface area contributed by atoms with Crippen molar-refractivity contribution >= 4 is 5.97 Å². The van der Waals surface area contributed by atoms with Gasteiger partial charge in [-0.1, -0.05) is 12.2 Å². The van der Waals surface area contributed by atoms with E-state index < -0.39 is 0 Å². The largest absolute Gasteiger partial charge is 0.465 e. The summed E-state index contributed by atoms with van der Waals surface area (Å²) in [6.07, 6.45) is 8.92. The van der Waals surface area contributed by atoms with Gasteiger partial charge in [-0.25, -0.2) is 0 Å². The van der Waals surface area contributed by atoms with Crippen molar-refractivity contribution in [1.29, 1.82) is 0 Å². The third kappa shape index (κ3) is 5.91. The molecule has 3 nitrogen and oxygen atoms in total. The predicted octanol–water partition coefficient (Wildman–Crippen LogP) is 2.70. The van der Waals surface area contributed by atoms with E-state index in [4.69, 9.17) is 9.47 Å². The summed E-state index contributed by atoms with van der Waals surface area (Å²) >= 11 is 0. The first-order chi connectivity index (χ1) is 7.83. The SMILES string of the molecule is CCOCCCC(=O)OCC1CC=CCC1. The molecule has 0 bridgehead atoms. The average Bonchev–Trinajstić information content (AvgIpc) is 2.33. The standard InChI is InChI=1S/C13H22O3/c1-2-15-10-6-9-13(14)16-11-12-7-4-3-5-8-12/h3-4,12H,2,5-11H2,1H3.